The number of carbonyl (C=O) groups excluding carboxylic acids is 1. The Morgan fingerprint density at radius 1 is 1.36 bits per heavy atom. The van der Waals surface area contributed by atoms with Crippen LogP contribution < -0.4 is 4.84 Å². The Kier molecular flexibility index (Phi) is 5.62. The molecule has 0 aliphatic heterocycles. The van der Waals surface area contributed by atoms with Crippen LogP contribution in [0.2, 0.25) is 0 Å². The van der Waals surface area contributed by atoms with E-state index in [1.165, 1.54) is 24.4 Å². The summed E-state index contributed by atoms with van der Waals surface area (Å²) in [7, 11) is 0. The molecule has 1 N–H and O–H groups in total. The first-order valence-electron chi connectivity index (χ1n) is 8.00. The van der Waals surface area contributed by atoms with Gasteiger partial charge in [0.2, 0.25) is 0 Å². The zero-order chi connectivity index (χ0) is 18.8. The molecular formula is C17H21F3N2O3. The molecule has 0 aliphatic carbocycles. The van der Waals surface area contributed by atoms with E-state index in [0.717, 1.165) is 11.3 Å². The molecule has 8 heteroatoms. The molecule has 5 nitrogen and oxygen atoms in total. The topological polar surface area (TPSA) is 54.7 Å². The van der Waals surface area contributed by atoms with Gasteiger partial charge in [-0.1, -0.05) is 13.0 Å². The van der Waals surface area contributed by atoms with Crippen molar-refractivity contribution in [1.29, 1.82) is 0 Å². The predicted octanol–water partition coefficient (Wildman–Crippen LogP) is 3.14. The van der Waals surface area contributed by atoms with Crippen LogP contribution in [-0.2, 0) is 11.2 Å². The highest BCUT2D eigenvalue weighted by molar-refractivity contribution is 5.90. The van der Waals surface area contributed by atoms with Gasteiger partial charge in [0.15, 0.2) is 0 Å². The summed E-state index contributed by atoms with van der Waals surface area (Å²) >= 11 is 0. The molecule has 0 amide bonds. The van der Waals surface area contributed by atoms with E-state index < -0.39 is 12.1 Å². The first kappa shape index (κ1) is 19.1. The van der Waals surface area contributed by atoms with Crippen LogP contribution in [0.15, 0.2) is 24.4 Å². The minimum absolute atomic E-state index is 0.0677. The lowest BCUT2D eigenvalue weighted by Crippen LogP contribution is -2.33. The molecular weight excluding hydrogens is 337 g/mol. The molecule has 1 aromatic carbocycles. The molecule has 0 unspecified atom stereocenters. The number of fused-ring (bicyclic) bond motifs is 1. The second-order valence-electron chi connectivity index (χ2n) is 6.00. The largest absolute Gasteiger partial charge is 0.507 e. The average Bonchev–Trinajstić information content (AvgIpc) is 2.86. The van der Waals surface area contributed by atoms with E-state index in [-0.39, 0.29) is 11.3 Å². The minimum atomic E-state index is -5.09. The van der Waals surface area contributed by atoms with Gasteiger partial charge in [-0.2, -0.15) is 17.9 Å². The first-order chi connectivity index (χ1) is 11.6. The van der Waals surface area contributed by atoms with Crippen molar-refractivity contribution in [3.05, 3.63) is 30.0 Å². The SMILES string of the molecule is CCN(CCc1cn(OC(=O)C(F)(F)F)c2cccc(O)c12)C(C)C. The van der Waals surface area contributed by atoms with Crippen molar-refractivity contribution < 1.29 is 27.9 Å². The number of benzene rings is 1. The van der Waals surface area contributed by atoms with E-state index in [1.54, 1.807) is 0 Å². The molecule has 2 rings (SSSR count). The van der Waals surface area contributed by atoms with Crippen LogP contribution in [0.5, 0.6) is 5.75 Å². The van der Waals surface area contributed by atoms with E-state index in [0.29, 0.717) is 30.0 Å². The highest BCUT2D eigenvalue weighted by Crippen LogP contribution is 2.30. The lowest BCUT2D eigenvalue weighted by atomic mass is 10.1. The normalized spacial score (nSPS) is 12.3. The van der Waals surface area contributed by atoms with Crippen molar-refractivity contribution in [1.82, 2.24) is 9.63 Å². The summed E-state index contributed by atoms with van der Waals surface area (Å²) in [5.74, 6) is -2.38. The lowest BCUT2D eigenvalue weighted by molar-refractivity contribution is -0.199. The van der Waals surface area contributed by atoms with Gasteiger partial charge in [0, 0.05) is 24.2 Å². The zero-order valence-corrected chi connectivity index (χ0v) is 14.3. The number of phenols is 1. The molecule has 0 saturated carbocycles. The van der Waals surface area contributed by atoms with Crippen LogP contribution in [0.25, 0.3) is 10.9 Å². The summed E-state index contributed by atoms with van der Waals surface area (Å²) in [6.07, 6.45) is -3.27. The molecule has 0 radical (unpaired) electrons. The van der Waals surface area contributed by atoms with E-state index in [1.807, 2.05) is 6.92 Å². The number of phenolic OH excluding ortho intramolecular Hbond substituents is 1. The predicted molar refractivity (Wildman–Crippen MR) is 87.3 cm³/mol. The number of hydrogen-bond acceptors (Lipinski definition) is 4. The van der Waals surface area contributed by atoms with Gasteiger partial charge in [0.25, 0.3) is 0 Å². The third-order valence-corrected chi connectivity index (χ3v) is 4.07. The van der Waals surface area contributed by atoms with Crippen LogP contribution in [0.1, 0.15) is 26.3 Å². The monoisotopic (exact) mass is 358 g/mol. The molecule has 0 bridgehead atoms. The number of hydrogen-bond donors (Lipinski definition) is 1. The van der Waals surface area contributed by atoms with Crippen LogP contribution in [0.4, 0.5) is 13.2 Å². The molecule has 0 fully saturated rings. The fourth-order valence-corrected chi connectivity index (χ4v) is 2.77. The van der Waals surface area contributed by atoms with Crippen molar-refractivity contribution in [2.45, 2.75) is 39.4 Å². The maximum atomic E-state index is 12.5. The average molecular weight is 358 g/mol. The summed E-state index contributed by atoms with van der Waals surface area (Å²) in [4.78, 5) is 17.8. The van der Waals surface area contributed by atoms with Gasteiger partial charge < -0.3 is 14.8 Å². The molecule has 0 atom stereocenters. The number of aromatic nitrogens is 1. The molecule has 1 aromatic heterocycles. The summed E-state index contributed by atoms with van der Waals surface area (Å²) in [5.41, 5.74) is 0.822. The first-order valence-corrected chi connectivity index (χ1v) is 8.00. The number of nitrogens with zero attached hydrogens (tertiary/aromatic N) is 2. The number of rotatable bonds is 6. The van der Waals surface area contributed by atoms with E-state index in [4.69, 9.17) is 0 Å². The quantitative estimate of drug-likeness (QED) is 0.862. The Labute approximate surface area is 143 Å². The smallest absolute Gasteiger partial charge is 0.493 e. The van der Waals surface area contributed by atoms with Gasteiger partial charge in [0.1, 0.15) is 5.75 Å². The van der Waals surface area contributed by atoms with Gasteiger partial charge in [-0.05, 0) is 44.5 Å². The summed E-state index contributed by atoms with van der Waals surface area (Å²) < 4.78 is 38.2. The van der Waals surface area contributed by atoms with Gasteiger partial charge in [0.05, 0.1) is 5.52 Å². The number of aromatic hydroxyl groups is 1. The third-order valence-electron chi connectivity index (χ3n) is 4.07. The fraction of sp³-hybridized carbons (Fsp3) is 0.471. The Bertz CT molecular complexity index is 753. The highest BCUT2D eigenvalue weighted by atomic mass is 19.4. The van der Waals surface area contributed by atoms with E-state index >= 15 is 0 Å². The fourth-order valence-electron chi connectivity index (χ4n) is 2.77. The lowest BCUT2D eigenvalue weighted by Gasteiger charge is -2.24. The molecule has 138 valence electrons. The summed E-state index contributed by atoms with van der Waals surface area (Å²) in [6.45, 7) is 7.61. The Morgan fingerprint density at radius 2 is 2.04 bits per heavy atom. The van der Waals surface area contributed by atoms with Crippen LogP contribution in [-0.4, -0.2) is 46.0 Å². The van der Waals surface area contributed by atoms with Crippen molar-refractivity contribution in [2.75, 3.05) is 13.1 Å². The second-order valence-corrected chi connectivity index (χ2v) is 6.00. The summed E-state index contributed by atoms with van der Waals surface area (Å²) in [5, 5.41) is 10.5. The van der Waals surface area contributed by atoms with Gasteiger partial charge in [-0.15, -0.1) is 0 Å². The molecule has 0 saturated heterocycles. The zero-order valence-electron chi connectivity index (χ0n) is 14.3. The minimum Gasteiger partial charge on any atom is -0.507 e. The highest BCUT2D eigenvalue weighted by Gasteiger charge is 2.42. The van der Waals surface area contributed by atoms with E-state index in [2.05, 4.69) is 23.6 Å². The molecule has 25 heavy (non-hydrogen) atoms. The molecule has 0 spiro atoms. The van der Waals surface area contributed by atoms with Crippen molar-refractivity contribution in [3.63, 3.8) is 0 Å². The van der Waals surface area contributed by atoms with E-state index in [9.17, 15) is 23.1 Å². The number of carbonyl (C=O) groups is 1. The summed E-state index contributed by atoms with van der Waals surface area (Å²) in [6, 6.07) is 4.73. The number of halogens is 3. The second kappa shape index (κ2) is 7.35. The Morgan fingerprint density at radius 3 is 2.60 bits per heavy atom. The number of likely N-dealkylation sites (N-methyl/N-ethyl adjacent to an activating group) is 1. The van der Waals surface area contributed by atoms with Crippen molar-refractivity contribution in [3.8, 4) is 5.75 Å². The number of alkyl halides is 3. The van der Waals surface area contributed by atoms with Crippen LogP contribution >= 0.6 is 0 Å². The van der Waals surface area contributed by atoms with Gasteiger partial charge in [-0.3, -0.25) is 0 Å². The Balaban J connectivity index is 2.36. The van der Waals surface area contributed by atoms with Crippen LogP contribution in [0.3, 0.4) is 0 Å². The molecule has 0 aliphatic rings. The maximum absolute atomic E-state index is 12.5. The van der Waals surface area contributed by atoms with Crippen molar-refractivity contribution in [2.24, 2.45) is 0 Å². The third kappa shape index (κ3) is 4.25. The standard InChI is InChI=1S/C17H21F3N2O3/c1-4-21(11(2)3)9-8-12-10-22(25-16(24)17(18,19)20)13-6-5-7-14(23)15(12)13/h5-7,10-11,23H,4,8-9H2,1-3H3. The Hall–Kier alpha value is -2.22. The van der Waals surface area contributed by atoms with Crippen LogP contribution in [0, 0.1) is 0 Å². The van der Waals surface area contributed by atoms with Crippen molar-refractivity contribution >= 4 is 16.9 Å². The molecule has 2 aromatic rings. The van der Waals surface area contributed by atoms with Gasteiger partial charge >= 0.3 is 12.1 Å². The molecule has 1 heterocycles. The van der Waals surface area contributed by atoms with Gasteiger partial charge in [-0.25, -0.2) is 4.79 Å². The maximum Gasteiger partial charge on any atom is 0.493 e.